The lowest BCUT2D eigenvalue weighted by molar-refractivity contribution is 1.15. The number of benzene rings is 1. The first-order valence-electron chi connectivity index (χ1n) is 3.73. The fraction of sp³-hybridized carbons (Fsp3) is 0.222. The van der Waals surface area contributed by atoms with E-state index < -0.39 is 0 Å². The largest absolute Gasteiger partial charge is 0.200 e. The maximum absolute atomic E-state index is 4.12. The van der Waals surface area contributed by atoms with Crippen molar-refractivity contribution in [3.05, 3.63) is 30.0 Å². The summed E-state index contributed by atoms with van der Waals surface area (Å²) in [5.74, 6) is 0. The van der Waals surface area contributed by atoms with Crippen molar-refractivity contribution in [3.8, 4) is 0 Å². The van der Waals surface area contributed by atoms with E-state index >= 15 is 0 Å². The van der Waals surface area contributed by atoms with Crippen LogP contribution in [-0.2, 0) is 6.42 Å². The first-order valence-corrected chi connectivity index (χ1v) is 4.51. The van der Waals surface area contributed by atoms with Crippen molar-refractivity contribution in [2.24, 2.45) is 0 Å². The summed E-state index contributed by atoms with van der Waals surface area (Å²) in [4.78, 5) is 0. The molecule has 1 aromatic carbocycles. The van der Waals surface area contributed by atoms with E-state index in [0.29, 0.717) is 0 Å². The van der Waals surface area contributed by atoms with E-state index in [9.17, 15) is 0 Å². The number of hydrogen-bond acceptors (Lipinski definition) is 2. The topological polar surface area (TPSA) is 12.9 Å². The number of aryl methyl sites for hydroxylation is 1. The van der Waals surface area contributed by atoms with Crippen LogP contribution >= 0.6 is 11.5 Å². The van der Waals surface area contributed by atoms with Crippen LogP contribution < -0.4 is 0 Å². The fourth-order valence-electron chi connectivity index (χ4n) is 1.14. The molecular formula is C9H9NS. The van der Waals surface area contributed by atoms with Crippen LogP contribution in [0.2, 0.25) is 0 Å². The first kappa shape index (κ1) is 6.80. The van der Waals surface area contributed by atoms with Gasteiger partial charge in [0, 0.05) is 11.6 Å². The molecule has 0 saturated heterocycles. The van der Waals surface area contributed by atoms with Gasteiger partial charge >= 0.3 is 0 Å². The molecule has 0 aliphatic carbocycles. The van der Waals surface area contributed by atoms with E-state index in [4.69, 9.17) is 0 Å². The van der Waals surface area contributed by atoms with Gasteiger partial charge in [0.15, 0.2) is 0 Å². The Bertz CT molecular complexity index is 364. The molecule has 0 spiro atoms. The van der Waals surface area contributed by atoms with Gasteiger partial charge in [0.2, 0.25) is 0 Å². The highest BCUT2D eigenvalue weighted by molar-refractivity contribution is 7.13. The zero-order valence-electron chi connectivity index (χ0n) is 6.37. The molecule has 0 amide bonds. The lowest BCUT2D eigenvalue weighted by atomic mass is 10.1. The summed E-state index contributed by atoms with van der Waals surface area (Å²) in [6.45, 7) is 2.17. The van der Waals surface area contributed by atoms with Gasteiger partial charge in [0.25, 0.3) is 0 Å². The van der Waals surface area contributed by atoms with E-state index in [1.807, 2.05) is 6.20 Å². The highest BCUT2D eigenvalue weighted by Crippen LogP contribution is 2.19. The Morgan fingerprint density at radius 3 is 3.18 bits per heavy atom. The van der Waals surface area contributed by atoms with E-state index in [1.165, 1.54) is 15.6 Å². The Balaban J connectivity index is 2.67. The Hall–Kier alpha value is -0.890. The van der Waals surface area contributed by atoms with Gasteiger partial charge < -0.3 is 0 Å². The molecule has 0 saturated carbocycles. The standard InChI is InChI=1S/C9H9NS/c1-2-7-3-4-9-8(5-7)6-10-11-9/h3-6H,2H2,1H3. The third-order valence-corrected chi connectivity index (χ3v) is 2.60. The molecule has 0 aliphatic rings. The van der Waals surface area contributed by atoms with E-state index in [1.54, 1.807) is 11.5 Å². The highest BCUT2D eigenvalue weighted by Gasteiger charge is 1.95. The van der Waals surface area contributed by atoms with Gasteiger partial charge in [-0.15, -0.1) is 0 Å². The van der Waals surface area contributed by atoms with Crippen LogP contribution in [0.1, 0.15) is 12.5 Å². The van der Waals surface area contributed by atoms with Crippen LogP contribution in [-0.4, -0.2) is 4.37 Å². The minimum atomic E-state index is 1.10. The van der Waals surface area contributed by atoms with Crippen molar-refractivity contribution >= 4 is 21.6 Å². The minimum Gasteiger partial charge on any atom is -0.200 e. The molecule has 0 N–H and O–H groups in total. The van der Waals surface area contributed by atoms with E-state index in [0.717, 1.165) is 6.42 Å². The smallest absolute Gasteiger partial charge is 0.0550 e. The molecule has 0 atom stereocenters. The number of nitrogens with zero attached hydrogens (tertiary/aromatic N) is 1. The minimum absolute atomic E-state index is 1.10. The van der Waals surface area contributed by atoms with Gasteiger partial charge in [0.05, 0.1) is 4.70 Å². The summed E-state index contributed by atoms with van der Waals surface area (Å²) in [6.07, 6.45) is 3.03. The average molecular weight is 163 g/mol. The number of hydrogen-bond donors (Lipinski definition) is 0. The zero-order chi connectivity index (χ0) is 7.68. The van der Waals surface area contributed by atoms with Crippen molar-refractivity contribution in [3.63, 3.8) is 0 Å². The monoisotopic (exact) mass is 163 g/mol. The first-order chi connectivity index (χ1) is 5.40. The average Bonchev–Trinajstić information content (AvgIpc) is 2.50. The van der Waals surface area contributed by atoms with Crippen molar-refractivity contribution in [2.75, 3.05) is 0 Å². The molecule has 0 unspecified atom stereocenters. The summed E-state index contributed by atoms with van der Waals surface area (Å²) >= 11 is 1.56. The summed E-state index contributed by atoms with van der Waals surface area (Å²) in [7, 11) is 0. The molecule has 0 fully saturated rings. The molecule has 11 heavy (non-hydrogen) atoms. The molecule has 2 aromatic rings. The van der Waals surface area contributed by atoms with Crippen LogP contribution in [0.5, 0.6) is 0 Å². The molecule has 2 rings (SSSR count). The molecule has 1 nitrogen and oxygen atoms in total. The van der Waals surface area contributed by atoms with Crippen molar-refractivity contribution in [1.82, 2.24) is 4.37 Å². The third kappa shape index (κ3) is 1.14. The number of fused-ring (bicyclic) bond motifs is 1. The quantitative estimate of drug-likeness (QED) is 0.630. The van der Waals surface area contributed by atoms with Gasteiger partial charge in [-0.25, -0.2) is 0 Å². The summed E-state index contributed by atoms with van der Waals surface area (Å²) in [6, 6.07) is 6.52. The Kier molecular flexibility index (Phi) is 1.62. The lowest BCUT2D eigenvalue weighted by Gasteiger charge is -1.93. The Morgan fingerprint density at radius 1 is 1.45 bits per heavy atom. The van der Waals surface area contributed by atoms with Crippen molar-refractivity contribution in [2.45, 2.75) is 13.3 Å². The molecule has 0 aliphatic heterocycles. The predicted molar refractivity (Wildman–Crippen MR) is 49.0 cm³/mol. The fourth-order valence-corrected chi connectivity index (χ4v) is 1.77. The highest BCUT2D eigenvalue weighted by atomic mass is 32.1. The van der Waals surface area contributed by atoms with Crippen LogP contribution in [0.15, 0.2) is 24.4 Å². The Morgan fingerprint density at radius 2 is 2.36 bits per heavy atom. The zero-order valence-corrected chi connectivity index (χ0v) is 7.19. The maximum atomic E-state index is 4.12. The summed E-state index contributed by atoms with van der Waals surface area (Å²) < 4.78 is 5.40. The molecule has 2 heteroatoms. The normalized spacial score (nSPS) is 10.6. The van der Waals surface area contributed by atoms with Gasteiger partial charge in [-0.3, -0.25) is 0 Å². The molecule has 1 heterocycles. The molecule has 56 valence electrons. The number of rotatable bonds is 1. The predicted octanol–water partition coefficient (Wildman–Crippen LogP) is 2.86. The van der Waals surface area contributed by atoms with Crippen molar-refractivity contribution in [1.29, 1.82) is 0 Å². The van der Waals surface area contributed by atoms with Gasteiger partial charge in [-0.1, -0.05) is 13.0 Å². The van der Waals surface area contributed by atoms with Gasteiger partial charge in [-0.2, -0.15) is 4.37 Å². The maximum Gasteiger partial charge on any atom is 0.0550 e. The lowest BCUT2D eigenvalue weighted by Crippen LogP contribution is -1.76. The number of aromatic nitrogens is 1. The molecule has 0 radical (unpaired) electrons. The SMILES string of the molecule is CCc1ccc2sncc2c1. The summed E-state index contributed by atoms with van der Waals surface area (Å²) in [5, 5.41) is 1.27. The second kappa shape index (κ2) is 2.62. The van der Waals surface area contributed by atoms with Gasteiger partial charge in [0.1, 0.15) is 0 Å². The van der Waals surface area contributed by atoms with Gasteiger partial charge in [-0.05, 0) is 35.6 Å². The van der Waals surface area contributed by atoms with E-state index in [-0.39, 0.29) is 0 Å². The summed E-state index contributed by atoms with van der Waals surface area (Å²) in [5.41, 5.74) is 1.39. The third-order valence-electron chi connectivity index (χ3n) is 1.83. The van der Waals surface area contributed by atoms with E-state index in [2.05, 4.69) is 29.5 Å². The second-order valence-corrected chi connectivity index (χ2v) is 3.38. The van der Waals surface area contributed by atoms with Crippen LogP contribution in [0, 0.1) is 0 Å². The molecular weight excluding hydrogens is 154 g/mol. The molecule has 1 aromatic heterocycles. The second-order valence-electron chi connectivity index (χ2n) is 2.55. The molecule has 0 bridgehead atoms. The van der Waals surface area contributed by atoms with Crippen LogP contribution in [0.4, 0.5) is 0 Å². The van der Waals surface area contributed by atoms with Crippen molar-refractivity contribution < 1.29 is 0 Å². The van der Waals surface area contributed by atoms with Crippen LogP contribution in [0.25, 0.3) is 10.1 Å². The Labute approximate surface area is 69.8 Å². The van der Waals surface area contributed by atoms with Crippen LogP contribution in [0.3, 0.4) is 0 Å².